The largest absolute Gasteiger partial charge is 0.353 e. The van der Waals surface area contributed by atoms with E-state index < -0.39 is 0 Å². The fourth-order valence-electron chi connectivity index (χ4n) is 5.21. The Balaban J connectivity index is 1.19. The van der Waals surface area contributed by atoms with Gasteiger partial charge in [-0.3, -0.25) is 9.80 Å². The SMILES string of the molecule is Cc1cc(N2CC(N3CCN(C4CCCCC4)CC3)C2)n2nc(C)cc2n1. The van der Waals surface area contributed by atoms with Gasteiger partial charge in [0.1, 0.15) is 5.82 Å². The highest BCUT2D eigenvalue weighted by Gasteiger charge is 2.36. The van der Waals surface area contributed by atoms with Crippen LogP contribution in [0.2, 0.25) is 0 Å². The Morgan fingerprint density at radius 1 is 0.815 bits per heavy atom. The van der Waals surface area contributed by atoms with Crippen molar-refractivity contribution in [3.05, 3.63) is 23.5 Å². The van der Waals surface area contributed by atoms with Crippen LogP contribution in [0, 0.1) is 13.8 Å². The van der Waals surface area contributed by atoms with Crippen molar-refractivity contribution in [3.63, 3.8) is 0 Å². The van der Waals surface area contributed by atoms with E-state index in [1.54, 1.807) is 0 Å². The molecule has 0 amide bonds. The monoisotopic (exact) mass is 368 g/mol. The number of aryl methyl sites for hydroxylation is 2. The second-order valence-corrected chi connectivity index (χ2v) is 8.73. The van der Waals surface area contributed by atoms with Gasteiger partial charge in [-0.2, -0.15) is 9.61 Å². The molecule has 3 aliphatic rings. The second kappa shape index (κ2) is 7.06. The normalized spacial score (nSPS) is 23.9. The molecular formula is C21H32N6. The summed E-state index contributed by atoms with van der Waals surface area (Å²) >= 11 is 0. The van der Waals surface area contributed by atoms with Crippen LogP contribution in [0.4, 0.5) is 5.82 Å². The minimum atomic E-state index is 0.693. The van der Waals surface area contributed by atoms with Gasteiger partial charge in [-0.25, -0.2) is 4.98 Å². The van der Waals surface area contributed by atoms with E-state index in [0.717, 1.165) is 36.2 Å². The van der Waals surface area contributed by atoms with E-state index in [4.69, 9.17) is 0 Å². The number of rotatable bonds is 3. The van der Waals surface area contributed by atoms with Crippen LogP contribution >= 0.6 is 0 Å². The van der Waals surface area contributed by atoms with E-state index in [1.165, 1.54) is 64.1 Å². The minimum absolute atomic E-state index is 0.693. The van der Waals surface area contributed by atoms with Crippen molar-refractivity contribution in [2.75, 3.05) is 44.2 Å². The first-order chi connectivity index (χ1) is 13.2. The number of aromatic nitrogens is 3. The molecule has 0 N–H and O–H groups in total. The summed E-state index contributed by atoms with van der Waals surface area (Å²) in [5.74, 6) is 1.20. The van der Waals surface area contributed by atoms with Gasteiger partial charge < -0.3 is 4.90 Å². The Morgan fingerprint density at radius 3 is 2.19 bits per heavy atom. The van der Waals surface area contributed by atoms with Gasteiger partial charge in [0.25, 0.3) is 0 Å². The van der Waals surface area contributed by atoms with Crippen molar-refractivity contribution >= 4 is 11.5 Å². The Kier molecular flexibility index (Phi) is 4.56. The number of piperazine rings is 1. The molecule has 0 bridgehead atoms. The van der Waals surface area contributed by atoms with Crippen molar-refractivity contribution in [1.82, 2.24) is 24.4 Å². The third-order valence-electron chi connectivity index (χ3n) is 6.80. The molecule has 0 unspecified atom stereocenters. The van der Waals surface area contributed by atoms with E-state index in [2.05, 4.69) is 43.8 Å². The van der Waals surface area contributed by atoms with Crippen LogP contribution < -0.4 is 4.90 Å². The molecule has 1 aliphatic carbocycles. The standard InChI is InChI=1S/C21H32N6/c1-16-13-21(27-20(22-16)12-17(2)23-27)26-14-19(15-26)25-10-8-24(9-11-25)18-6-4-3-5-7-18/h12-13,18-19H,3-11,14-15H2,1-2H3. The number of hydrogen-bond donors (Lipinski definition) is 0. The van der Waals surface area contributed by atoms with E-state index in [-0.39, 0.29) is 0 Å². The molecule has 2 saturated heterocycles. The van der Waals surface area contributed by atoms with Crippen molar-refractivity contribution < 1.29 is 0 Å². The first-order valence-electron chi connectivity index (χ1n) is 10.7. The molecule has 2 aliphatic heterocycles. The number of anilines is 1. The average molecular weight is 369 g/mol. The van der Waals surface area contributed by atoms with E-state index in [0.29, 0.717) is 6.04 Å². The number of nitrogens with zero attached hydrogens (tertiary/aromatic N) is 6. The summed E-state index contributed by atoms with van der Waals surface area (Å²) in [6.07, 6.45) is 7.19. The van der Waals surface area contributed by atoms with Crippen LogP contribution in [0.3, 0.4) is 0 Å². The minimum Gasteiger partial charge on any atom is -0.353 e. The molecule has 2 aromatic heterocycles. The van der Waals surface area contributed by atoms with Gasteiger partial charge in [-0.1, -0.05) is 19.3 Å². The van der Waals surface area contributed by atoms with Gasteiger partial charge in [-0.15, -0.1) is 0 Å². The molecule has 0 radical (unpaired) electrons. The molecule has 6 nitrogen and oxygen atoms in total. The molecular weight excluding hydrogens is 336 g/mol. The molecule has 27 heavy (non-hydrogen) atoms. The maximum absolute atomic E-state index is 4.65. The third-order valence-corrected chi connectivity index (χ3v) is 6.80. The van der Waals surface area contributed by atoms with Gasteiger partial charge in [0.15, 0.2) is 5.65 Å². The molecule has 6 heteroatoms. The molecule has 2 aromatic rings. The summed E-state index contributed by atoms with van der Waals surface area (Å²) < 4.78 is 2.01. The highest BCUT2D eigenvalue weighted by molar-refractivity contribution is 5.53. The van der Waals surface area contributed by atoms with Crippen LogP contribution in [0.25, 0.3) is 5.65 Å². The van der Waals surface area contributed by atoms with Gasteiger partial charge >= 0.3 is 0 Å². The lowest BCUT2D eigenvalue weighted by atomic mass is 9.93. The summed E-state index contributed by atoms with van der Waals surface area (Å²) in [5, 5.41) is 4.65. The van der Waals surface area contributed by atoms with Gasteiger partial charge in [0, 0.05) is 69.2 Å². The third kappa shape index (κ3) is 3.34. The molecule has 4 heterocycles. The Bertz CT molecular complexity index is 794. The Morgan fingerprint density at radius 2 is 1.48 bits per heavy atom. The molecule has 1 saturated carbocycles. The lowest BCUT2D eigenvalue weighted by molar-refractivity contribution is 0.0486. The van der Waals surface area contributed by atoms with Crippen molar-refractivity contribution in [1.29, 1.82) is 0 Å². The van der Waals surface area contributed by atoms with Gasteiger partial charge in [0.2, 0.25) is 0 Å². The van der Waals surface area contributed by atoms with Crippen LogP contribution in [0.15, 0.2) is 12.1 Å². The van der Waals surface area contributed by atoms with Gasteiger partial charge in [0.05, 0.1) is 5.69 Å². The Labute approximate surface area is 162 Å². The fraction of sp³-hybridized carbons (Fsp3) is 0.714. The van der Waals surface area contributed by atoms with Crippen molar-refractivity contribution in [2.45, 2.75) is 58.0 Å². The van der Waals surface area contributed by atoms with Crippen molar-refractivity contribution in [3.8, 4) is 0 Å². The molecule has 0 spiro atoms. The molecule has 3 fully saturated rings. The topological polar surface area (TPSA) is 39.9 Å². The summed E-state index contributed by atoms with van der Waals surface area (Å²) in [4.78, 5) is 12.6. The molecule has 146 valence electrons. The Hall–Kier alpha value is -1.66. The van der Waals surface area contributed by atoms with Crippen LogP contribution in [-0.2, 0) is 0 Å². The average Bonchev–Trinajstić information content (AvgIpc) is 3.02. The maximum Gasteiger partial charge on any atom is 0.157 e. The predicted molar refractivity (Wildman–Crippen MR) is 108 cm³/mol. The van der Waals surface area contributed by atoms with Crippen LogP contribution in [-0.4, -0.2) is 75.8 Å². The fourth-order valence-corrected chi connectivity index (χ4v) is 5.21. The highest BCUT2D eigenvalue weighted by Crippen LogP contribution is 2.28. The highest BCUT2D eigenvalue weighted by atomic mass is 15.4. The summed E-state index contributed by atoms with van der Waals surface area (Å²) in [7, 11) is 0. The zero-order valence-corrected chi connectivity index (χ0v) is 16.8. The van der Waals surface area contributed by atoms with E-state index in [1.807, 2.05) is 11.4 Å². The van der Waals surface area contributed by atoms with Crippen LogP contribution in [0.1, 0.15) is 43.5 Å². The smallest absolute Gasteiger partial charge is 0.157 e. The summed E-state index contributed by atoms with van der Waals surface area (Å²) in [6.45, 7) is 11.3. The zero-order chi connectivity index (χ0) is 18.4. The lowest BCUT2D eigenvalue weighted by Crippen LogP contribution is -2.64. The quantitative estimate of drug-likeness (QED) is 0.832. The van der Waals surface area contributed by atoms with Crippen molar-refractivity contribution in [2.24, 2.45) is 0 Å². The first-order valence-corrected chi connectivity index (χ1v) is 10.7. The van der Waals surface area contributed by atoms with E-state index >= 15 is 0 Å². The predicted octanol–water partition coefficient (Wildman–Crippen LogP) is 2.49. The van der Waals surface area contributed by atoms with Crippen LogP contribution in [0.5, 0.6) is 0 Å². The van der Waals surface area contributed by atoms with Gasteiger partial charge in [-0.05, 0) is 26.7 Å². The van der Waals surface area contributed by atoms with E-state index in [9.17, 15) is 0 Å². The molecule has 0 aromatic carbocycles. The summed E-state index contributed by atoms with van der Waals surface area (Å²) in [5.41, 5.74) is 3.07. The first kappa shape index (κ1) is 17.4. The molecule has 5 rings (SSSR count). The lowest BCUT2D eigenvalue weighted by Gasteiger charge is -2.50. The number of fused-ring (bicyclic) bond motifs is 1. The summed E-state index contributed by atoms with van der Waals surface area (Å²) in [6, 6.07) is 5.81. The zero-order valence-electron chi connectivity index (χ0n) is 16.8. The maximum atomic E-state index is 4.65. The second-order valence-electron chi connectivity index (χ2n) is 8.73. The number of hydrogen-bond acceptors (Lipinski definition) is 5. The molecule has 0 atom stereocenters.